The number of para-hydroxylation sites is 1. The monoisotopic (exact) mass is 348 g/mol. The largest absolute Gasteiger partial charge is 0.394 e. The number of nitrogens with zero attached hydrogens (tertiary/aromatic N) is 1. The molecule has 4 nitrogen and oxygen atoms in total. The second kappa shape index (κ2) is 9.04. The molecule has 3 rings (SSSR count). The van der Waals surface area contributed by atoms with Gasteiger partial charge in [0.05, 0.1) is 19.8 Å². The molecule has 0 radical (unpaired) electrons. The first-order valence-electron chi connectivity index (χ1n) is 8.24. The van der Waals surface area contributed by atoms with E-state index < -0.39 is 0 Å². The molecule has 0 aliphatic carbocycles. The van der Waals surface area contributed by atoms with Gasteiger partial charge in [0.15, 0.2) is 0 Å². The first-order chi connectivity index (χ1) is 11.3. The van der Waals surface area contributed by atoms with Gasteiger partial charge in [-0.2, -0.15) is 0 Å². The van der Waals surface area contributed by atoms with Gasteiger partial charge in [0.2, 0.25) is 0 Å². The summed E-state index contributed by atoms with van der Waals surface area (Å²) in [6.45, 7) is 5.89. The van der Waals surface area contributed by atoms with Crippen LogP contribution in [-0.4, -0.2) is 36.0 Å². The molecule has 3 aromatic rings. The molecule has 1 heterocycles. The molecule has 0 saturated carbocycles. The molecule has 0 aliphatic heterocycles. The van der Waals surface area contributed by atoms with Gasteiger partial charge in [-0.05, 0) is 30.7 Å². The minimum Gasteiger partial charge on any atom is -0.394 e. The van der Waals surface area contributed by atoms with Crippen molar-refractivity contribution in [2.45, 2.75) is 20.0 Å². The van der Waals surface area contributed by atoms with Gasteiger partial charge in [-0.3, -0.25) is 0 Å². The quantitative estimate of drug-likeness (QED) is 0.614. The molecule has 0 amide bonds. The normalized spacial score (nSPS) is 11.1. The zero-order chi connectivity index (χ0) is 16.1. The predicted octanol–water partition coefficient (Wildman–Crippen LogP) is 3.33. The maximum absolute atomic E-state index is 8.66. The maximum Gasteiger partial charge on any atom is 0.0698 e. The summed E-state index contributed by atoms with van der Waals surface area (Å²) >= 11 is 0. The molecule has 0 aliphatic rings. The van der Waals surface area contributed by atoms with Gasteiger partial charge in [0.25, 0.3) is 0 Å². The molecule has 5 heteroatoms. The van der Waals surface area contributed by atoms with Gasteiger partial charge in [0.1, 0.15) is 0 Å². The fourth-order valence-corrected chi connectivity index (χ4v) is 3.10. The van der Waals surface area contributed by atoms with Crippen LogP contribution in [-0.2, 0) is 17.8 Å². The molecule has 0 saturated heterocycles. The van der Waals surface area contributed by atoms with E-state index in [0.29, 0.717) is 13.2 Å². The summed E-state index contributed by atoms with van der Waals surface area (Å²) in [5.41, 5.74) is 3.87. The molecular formula is C19H25ClN2O2. The van der Waals surface area contributed by atoms with Crippen LogP contribution in [0.4, 0.5) is 0 Å². The Hall–Kier alpha value is -1.59. The smallest absolute Gasteiger partial charge is 0.0698 e. The Labute approximate surface area is 148 Å². The summed E-state index contributed by atoms with van der Waals surface area (Å²) in [5, 5.41) is 14.7. The van der Waals surface area contributed by atoms with Crippen molar-refractivity contribution in [1.82, 2.24) is 9.88 Å². The number of benzene rings is 2. The molecule has 0 atom stereocenters. The topological polar surface area (TPSA) is 46.4 Å². The highest BCUT2D eigenvalue weighted by Crippen LogP contribution is 2.29. The standard InChI is InChI=1S/C19H24N2O2.ClH/c1-2-21-18-6-4-3-5-16(18)17-13-15(7-8-19(17)21)14-20-9-11-23-12-10-22;/h3-8,13,20,22H,2,9-12,14H2,1H3;1H. The van der Waals surface area contributed by atoms with Crippen LogP contribution in [0, 0.1) is 0 Å². The van der Waals surface area contributed by atoms with Crippen molar-refractivity contribution < 1.29 is 9.84 Å². The molecule has 0 bridgehead atoms. The summed E-state index contributed by atoms with van der Waals surface area (Å²) in [5.74, 6) is 0. The molecule has 1 aromatic heterocycles. The average molecular weight is 349 g/mol. The minimum absolute atomic E-state index is 0. The molecule has 0 fully saturated rings. The van der Waals surface area contributed by atoms with Crippen molar-refractivity contribution in [2.24, 2.45) is 0 Å². The number of halogens is 1. The Balaban J connectivity index is 0.00000208. The van der Waals surface area contributed by atoms with Crippen molar-refractivity contribution in [3.63, 3.8) is 0 Å². The first kappa shape index (κ1) is 18.7. The molecule has 0 unspecified atom stereocenters. The number of hydrogen-bond acceptors (Lipinski definition) is 3. The summed E-state index contributed by atoms with van der Waals surface area (Å²) < 4.78 is 7.62. The van der Waals surface area contributed by atoms with Gasteiger partial charge in [-0.15, -0.1) is 12.4 Å². The third-order valence-electron chi connectivity index (χ3n) is 4.14. The average Bonchev–Trinajstić information content (AvgIpc) is 2.91. The van der Waals surface area contributed by atoms with Crippen LogP contribution in [0.15, 0.2) is 42.5 Å². The van der Waals surface area contributed by atoms with E-state index in [-0.39, 0.29) is 19.0 Å². The van der Waals surface area contributed by atoms with Gasteiger partial charge < -0.3 is 19.7 Å². The summed E-state index contributed by atoms with van der Waals surface area (Å²) in [4.78, 5) is 0. The SMILES string of the molecule is CCn1c2ccccc2c2cc(CNCCOCCO)ccc21.Cl. The third-order valence-corrected chi connectivity index (χ3v) is 4.14. The zero-order valence-corrected chi connectivity index (χ0v) is 14.8. The lowest BCUT2D eigenvalue weighted by molar-refractivity contribution is 0.0938. The fourth-order valence-electron chi connectivity index (χ4n) is 3.10. The Kier molecular flexibility index (Phi) is 7.06. The maximum atomic E-state index is 8.66. The number of aliphatic hydroxyl groups is 1. The van der Waals surface area contributed by atoms with Crippen LogP contribution in [0.5, 0.6) is 0 Å². The highest BCUT2D eigenvalue weighted by molar-refractivity contribution is 6.08. The first-order valence-corrected chi connectivity index (χ1v) is 8.24. The van der Waals surface area contributed by atoms with Crippen LogP contribution in [0.25, 0.3) is 21.8 Å². The highest BCUT2D eigenvalue weighted by atomic mass is 35.5. The Morgan fingerprint density at radius 2 is 1.83 bits per heavy atom. The number of aryl methyl sites for hydroxylation is 1. The minimum atomic E-state index is 0. The number of hydrogen-bond donors (Lipinski definition) is 2. The van der Waals surface area contributed by atoms with Gasteiger partial charge in [-0.1, -0.05) is 24.3 Å². The van der Waals surface area contributed by atoms with E-state index >= 15 is 0 Å². The van der Waals surface area contributed by atoms with Gasteiger partial charge >= 0.3 is 0 Å². The van der Waals surface area contributed by atoms with E-state index in [1.165, 1.54) is 27.4 Å². The summed E-state index contributed by atoms with van der Waals surface area (Å²) in [6, 6.07) is 15.3. The molecule has 2 aromatic carbocycles. The van der Waals surface area contributed by atoms with Crippen LogP contribution in [0.1, 0.15) is 12.5 Å². The number of fused-ring (bicyclic) bond motifs is 3. The summed E-state index contributed by atoms with van der Waals surface area (Å²) in [7, 11) is 0. The van der Waals surface area contributed by atoms with Crippen LogP contribution < -0.4 is 5.32 Å². The van der Waals surface area contributed by atoms with Crippen LogP contribution in [0.2, 0.25) is 0 Å². The van der Waals surface area contributed by atoms with Crippen molar-refractivity contribution in [3.05, 3.63) is 48.0 Å². The highest BCUT2D eigenvalue weighted by Gasteiger charge is 2.09. The molecule has 2 N–H and O–H groups in total. The Morgan fingerprint density at radius 3 is 2.62 bits per heavy atom. The van der Waals surface area contributed by atoms with Crippen molar-refractivity contribution in [2.75, 3.05) is 26.4 Å². The molecule has 0 spiro atoms. The van der Waals surface area contributed by atoms with Crippen LogP contribution >= 0.6 is 12.4 Å². The lowest BCUT2D eigenvalue weighted by atomic mass is 10.1. The van der Waals surface area contributed by atoms with Crippen LogP contribution in [0.3, 0.4) is 0 Å². The van der Waals surface area contributed by atoms with Gasteiger partial charge in [-0.25, -0.2) is 0 Å². The summed E-state index contributed by atoms with van der Waals surface area (Å²) in [6.07, 6.45) is 0. The van der Waals surface area contributed by atoms with E-state index in [4.69, 9.17) is 9.84 Å². The van der Waals surface area contributed by atoms with Crippen molar-refractivity contribution in [1.29, 1.82) is 0 Å². The lowest BCUT2D eigenvalue weighted by Crippen LogP contribution is -2.19. The molecule has 24 heavy (non-hydrogen) atoms. The number of aromatic nitrogens is 1. The van der Waals surface area contributed by atoms with E-state index in [9.17, 15) is 0 Å². The predicted molar refractivity (Wildman–Crippen MR) is 102 cm³/mol. The van der Waals surface area contributed by atoms with E-state index in [0.717, 1.165) is 19.6 Å². The number of nitrogens with one attached hydrogen (secondary N) is 1. The van der Waals surface area contributed by atoms with E-state index in [1.807, 2.05) is 0 Å². The van der Waals surface area contributed by atoms with E-state index in [2.05, 4.69) is 59.3 Å². The second-order valence-corrected chi connectivity index (χ2v) is 5.63. The Bertz CT molecular complexity index is 785. The zero-order valence-electron chi connectivity index (χ0n) is 14.0. The second-order valence-electron chi connectivity index (χ2n) is 5.63. The van der Waals surface area contributed by atoms with Crippen molar-refractivity contribution in [3.8, 4) is 0 Å². The van der Waals surface area contributed by atoms with Crippen molar-refractivity contribution >= 4 is 34.2 Å². The van der Waals surface area contributed by atoms with E-state index in [1.54, 1.807) is 0 Å². The van der Waals surface area contributed by atoms with Gasteiger partial charge in [0, 0.05) is 41.4 Å². The number of aliphatic hydroxyl groups excluding tert-OH is 1. The third kappa shape index (κ3) is 3.90. The Morgan fingerprint density at radius 1 is 1.04 bits per heavy atom. The fraction of sp³-hybridized carbons (Fsp3) is 0.368. The number of rotatable bonds is 8. The lowest BCUT2D eigenvalue weighted by Gasteiger charge is -2.07. The molecule has 130 valence electrons. The number of ether oxygens (including phenoxy) is 1. The molecular weight excluding hydrogens is 324 g/mol.